The van der Waals surface area contributed by atoms with Gasteiger partial charge in [-0.25, -0.2) is 8.42 Å². The number of hydrogen-bond acceptors (Lipinski definition) is 5. The smallest absolute Gasteiger partial charge is 0.243 e. The predicted octanol–water partition coefficient (Wildman–Crippen LogP) is 2.99. The van der Waals surface area contributed by atoms with Gasteiger partial charge in [0.2, 0.25) is 15.9 Å². The molecule has 0 fully saturated rings. The molecule has 1 aromatic carbocycles. The van der Waals surface area contributed by atoms with Crippen LogP contribution in [0.15, 0.2) is 23.1 Å². The Kier molecular flexibility index (Phi) is 9.40. The molecule has 1 rings (SSSR count). The maximum atomic E-state index is 12.6. The average Bonchev–Trinajstić information content (AvgIpc) is 2.57. The minimum absolute atomic E-state index is 0.116. The van der Waals surface area contributed by atoms with Crippen molar-refractivity contribution in [1.29, 1.82) is 0 Å². The summed E-state index contributed by atoms with van der Waals surface area (Å²) in [5.74, 6) is 0.682. The first-order chi connectivity index (χ1) is 12.2. The number of rotatable bonds is 10. The summed E-state index contributed by atoms with van der Waals surface area (Å²) in [7, 11) is -1.73. The third kappa shape index (κ3) is 6.13. The molecular formula is C17H28ClN3O3S2. The molecule has 0 aliphatic carbocycles. The molecular weight excluding hydrogens is 394 g/mol. The van der Waals surface area contributed by atoms with Crippen LogP contribution in [0.25, 0.3) is 0 Å². The second-order valence-corrected chi connectivity index (χ2v) is 9.25. The molecule has 1 amide bonds. The van der Waals surface area contributed by atoms with Crippen LogP contribution < -0.4 is 5.32 Å². The number of carbonyl (C=O) groups is 1. The number of amides is 1. The molecule has 0 heterocycles. The van der Waals surface area contributed by atoms with Crippen molar-refractivity contribution in [2.24, 2.45) is 0 Å². The Morgan fingerprint density at radius 1 is 1.31 bits per heavy atom. The minimum Gasteiger partial charge on any atom is -0.324 e. The van der Waals surface area contributed by atoms with E-state index in [0.29, 0.717) is 23.8 Å². The molecule has 9 heteroatoms. The van der Waals surface area contributed by atoms with E-state index in [9.17, 15) is 13.2 Å². The van der Waals surface area contributed by atoms with E-state index in [1.165, 1.54) is 22.5 Å². The summed E-state index contributed by atoms with van der Waals surface area (Å²) < 4.78 is 26.6. The van der Waals surface area contributed by atoms with Gasteiger partial charge in [-0.1, -0.05) is 25.4 Å². The van der Waals surface area contributed by atoms with E-state index >= 15 is 0 Å². The lowest BCUT2D eigenvalue weighted by atomic mass is 10.3. The summed E-state index contributed by atoms with van der Waals surface area (Å²) in [4.78, 5) is 14.4. The van der Waals surface area contributed by atoms with Crippen molar-refractivity contribution in [3.05, 3.63) is 23.2 Å². The lowest BCUT2D eigenvalue weighted by Crippen LogP contribution is -2.37. The highest BCUT2D eigenvalue weighted by molar-refractivity contribution is 7.98. The zero-order valence-corrected chi connectivity index (χ0v) is 18.3. The fraction of sp³-hybridized carbons (Fsp3) is 0.588. The summed E-state index contributed by atoms with van der Waals surface area (Å²) in [6, 6.07) is 4.62. The van der Waals surface area contributed by atoms with Gasteiger partial charge in [-0.2, -0.15) is 16.1 Å². The van der Waals surface area contributed by atoms with Crippen LogP contribution in [-0.4, -0.2) is 68.3 Å². The Morgan fingerprint density at radius 3 is 2.46 bits per heavy atom. The van der Waals surface area contributed by atoms with Crippen LogP contribution in [-0.2, 0) is 14.8 Å². The average molecular weight is 422 g/mol. The van der Waals surface area contributed by atoms with Crippen LogP contribution in [0, 0.1) is 0 Å². The summed E-state index contributed by atoms with van der Waals surface area (Å²) >= 11 is 7.86. The van der Waals surface area contributed by atoms with Crippen molar-refractivity contribution in [2.45, 2.75) is 31.7 Å². The zero-order chi connectivity index (χ0) is 19.9. The monoisotopic (exact) mass is 421 g/mol. The molecule has 0 aromatic heterocycles. The van der Waals surface area contributed by atoms with Crippen molar-refractivity contribution >= 4 is 45.0 Å². The van der Waals surface area contributed by atoms with Crippen molar-refractivity contribution < 1.29 is 13.2 Å². The number of anilines is 1. The molecule has 1 atom stereocenters. The third-order valence-electron chi connectivity index (χ3n) is 4.11. The Labute approximate surface area is 166 Å². The molecule has 1 aromatic rings. The van der Waals surface area contributed by atoms with E-state index in [2.05, 4.69) is 5.32 Å². The second kappa shape index (κ2) is 10.5. The number of sulfonamides is 1. The van der Waals surface area contributed by atoms with Crippen LogP contribution in [0.4, 0.5) is 5.69 Å². The highest BCUT2D eigenvalue weighted by Crippen LogP contribution is 2.27. The third-order valence-corrected chi connectivity index (χ3v) is 7.30. The minimum atomic E-state index is -3.61. The first-order valence-electron chi connectivity index (χ1n) is 8.46. The van der Waals surface area contributed by atoms with E-state index in [1.807, 2.05) is 25.1 Å². The van der Waals surface area contributed by atoms with Gasteiger partial charge in [0.1, 0.15) is 0 Å². The Morgan fingerprint density at radius 2 is 1.92 bits per heavy atom. The van der Waals surface area contributed by atoms with Crippen LogP contribution >= 0.6 is 23.4 Å². The number of carbonyl (C=O) groups excluding carboxylic acids is 1. The van der Waals surface area contributed by atoms with Gasteiger partial charge in [-0.05, 0) is 38.4 Å². The van der Waals surface area contributed by atoms with E-state index < -0.39 is 10.0 Å². The van der Waals surface area contributed by atoms with Crippen LogP contribution in [0.1, 0.15) is 20.8 Å². The Hall–Kier alpha value is -0.800. The Bertz CT molecular complexity index is 709. The van der Waals surface area contributed by atoms with Crippen molar-refractivity contribution in [3.8, 4) is 0 Å². The molecule has 0 aliphatic rings. The van der Waals surface area contributed by atoms with Gasteiger partial charge in [0.15, 0.2) is 0 Å². The van der Waals surface area contributed by atoms with E-state index in [0.717, 1.165) is 5.75 Å². The van der Waals surface area contributed by atoms with Crippen molar-refractivity contribution in [1.82, 2.24) is 9.21 Å². The first-order valence-corrected chi connectivity index (χ1v) is 11.7. The first kappa shape index (κ1) is 23.2. The topological polar surface area (TPSA) is 69.7 Å². The standard InChI is InChI=1S/C17H28ClN3O3S2/c1-6-21(7-2)26(23,24)14-8-9-15(18)16(10-14)19-17(22)11-20(4)13(3)12-25-5/h8-10,13H,6-7,11-12H2,1-5H3,(H,19,22). The quantitative estimate of drug-likeness (QED) is 0.628. The molecule has 1 unspecified atom stereocenters. The van der Waals surface area contributed by atoms with Gasteiger partial charge >= 0.3 is 0 Å². The molecule has 26 heavy (non-hydrogen) atoms. The second-order valence-electron chi connectivity index (χ2n) is 6.00. The lowest BCUT2D eigenvalue weighted by molar-refractivity contribution is -0.117. The fourth-order valence-electron chi connectivity index (χ4n) is 2.41. The van der Waals surface area contributed by atoms with Gasteiger partial charge < -0.3 is 5.32 Å². The number of hydrogen-bond donors (Lipinski definition) is 1. The number of nitrogens with one attached hydrogen (secondary N) is 1. The van der Waals surface area contributed by atoms with Crippen molar-refractivity contribution in [2.75, 3.05) is 44.0 Å². The molecule has 1 N–H and O–H groups in total. The molecule has 0 saturated carbocycles. The van der Waals surface area contributed by atoms with E-state index in [1.54, 1.807) is 25.6 Å². The van der Waals surface area contributed by atoms with Gasteiger partial charge in [0.25, 0.3) is 0 Å². The molecule has 148 valence electrons. The highest BCUT2D eigenvalue weighted by Gasteiger charge is 2.23. The predicted molar refractivity (Wildman–Crippen MR) is 111 cm³/mol. The summed E-state index contributed by atoms with van der Waals surface area (Å²) in [5.41, 5.74) is 0.302. The van der Waals surface area contributed by atoms with Crippen LogP contribution in [0.2, 0.25) is 5.02 Å². The van der Waals surface area contributed by atoms with Crippen LogP contribution in [0.5, 0.6) is 0 Å². The molecule has 0 aliphatic heterocycles. The maximum absolute atomic E-state index is 12.6. The number of nitrogens with zero attached hydrogens (tertiary/aromatic N) is 2. The van der Waals surface area contributed by atoms with E-state index in [4.69, 9.17) is 11.6 Å². The van der Waals surface area contributed by atoms with Gasteiger partial charge in [0.05, 0.1) is 22.2 Å². The summed E-state index contributed by atoms with van der Waals surface area (Å²) in [6.07, 6.45) is 2.02. The summed E-state index contributed by atoms with van der Waals surface area (Å²) in [5, 5.41) is 3.03. The molecule has 0 bridgehead atoms. The van der Waals surface area contributed by atoms with E-state index in [-0.39, 0.29) is 23.4 Å². The highest BCUT2D eigenvalue weighted by atomic mass is 35.5. The van der Waals surface area contributed by atoms with Gasteiger partial charge in [-0.3, -0.25) is 9.69 Å². The molecule has 6 nitrogen and oxygen atoms in total. The molecule has 0 saturated heterocycles. The molecule has 0 spiro atoms. The number of likely N-dealkylation sites (N-methyl/N-ethyl adjacent to an activating group) is 1. The zero-order valence-electron chi connectivity index (χ0n) is 16.0. The van der Waals surface area contributed by atoms with Gasteiger partial charge in [-0.15, -0.1) is 0 Å². The number of benzene rings is 1. The largest absolute Gasteiger partial charge is 0.324 e. The number of thioether (sulfide) groups is 1. The lowest BCUT2D eigenvalue weighted by Gasteiger charge is -2.23. The fourth-order valence-corrected chi connectivity index (χ4v) is 4.80. The molecule has 0 radical (unpaired) electrons. The van der Waals surface area contributed by atoms with Crippen molar-refractivity contribution in [3.63, 3.8) is 0 Å². The summed E-state index contributed by atoms with van der Waals surface area (Å²) in [6.45, 7) is 6.57. The SMILES string of the molecule is CCN(CC)S(=O)(=O)c1ccc(Cl)c(NC(=O)CN(C)C(C)CSC)c1. The maximum Gasteiger partial charge on any atom is 0.243 e. The number of halogens is 1. The Balaban J connectivity index is 2.96. The van der Waals surface area contributed by atoms with Crippen LogP contribution in [0.3, 0.4) is 0 Å². The van der Waals surface area contributed by atoms with Gasteiger partial charge in [0, 0.05) is 24.9 Å². The normalized spacial score (nSPS) is 13.2.